The lowest BCUT2D eigenvalue weighted by Crippen LogP contribution is -2.59. The molecule has 0 bridgehead atoms. The van der Waals surface area contributed by atoms with Crippen molar-refractivity contribution in [2.45, 2.75) is 149 Å². The topological polar surface area (TPSA) is 6.48 Å². The summed E-state index contributed by atoms with van der Waals surface area (Å²) in [6.07, 6.45) is 10.2. The molecular formula is C29H62N2Si2. The Hall–Kier alpha value is 0.354. The van der Waals surface area contributed by atoms with Gasteiger partial charge in [-0.2, -0.15) is 0 Å². The van der Waals surface area contributed by atoms with Crippen LogP contribution < -0.4 is 0 Å². The van der Waals surface area contributed by atoms with Gasteiger partial charge in [-0.1, -0.05) is 81.6 Å². The summed E-state index contributed by atoms with van der Waals surface area (Å²) in [5, 5.41) is 0.870. The second-order valence-corrected chi connectivity index (χ2v) is 26.2. The third-order valence-electron chi connectivity index (χ3n) is 11.6. The van der Waals surface area contributed by atoms with Crippen LogP contribution in [0.3, 0.4) is 0 Å². The van der Waals surface area contributed by atoms with Gasteiger partial charge in [0.2, 0.25) is 0 Å². The molecule has 196 valence electrons. The van der Waals surface area contributed by atoms with Gasteiger partial charge < -0.3 is 9.13 Å². The summed E-state index contributed by atoms with van der Waals surface area (Å²) in [6, 6.07) is 1.60. The molecule has 2 aliphatic carbocycles. The fourth-order valence-corrected chi connectivity index (χ4v) is 11.5. The lowest BCUT2D eigenvalue weighted by Gasteiger charge is -2.52. The van der Waals surface area contributed by atoms with E-state index in [2.05, 4.69) is 105 Å². The molecule has 0 radical (unpaired) electrons. The molecule has 0 aromatic carbocycles. The van der Waals surface area contributed by atoms with E-state index in [0.717, 1.165) is 35.8 Å². The Labute approximate surface area is 211 Å². The van der Waals surface area contributed by atoms with Gasteiger partial charge in [-0.15, -0.1) is 0 Å². The first-order chi connectivity index (χ1) is 14.8. The minimum absolute atomic E-state index is 0.435. The van der Waals surface area contributed by atoms with E-state index in [4.69, 9.17) is 0 Å². The average molecular weight is 495 g/mol. The first-order valence-corrected chi connectivity index (χ1v) is 20.2. The minimum atomic E-state index is -1.43. The molecule has 2 rings (SSSR count). The van der Waals surface area contributed by atoms with E-state index < -0.39 is 16.5 Å². The van der Waals surface area contributed by atoms with Crippen LogP contribution in [0.15, 0.2) is 0 Å². The molecule has 0 aromatic heterocycles. The number of nitrogens with zero attached hydrogens (tertiary/aromatic N) is 2. The highest BCUT2D eigenvalue weighted by molar-refractivity contribution is 6.77. The predicted molar refractivity (Wildman–Crippen MR) is 155 cm³/mol. The van der Waals surface area contributed by atoms with Crippen LogP contribution in [0.25, 0.3) is 0 Å². The van der Waals surface area contributed by atoms with Crippen LogP contribution in [-0.4, -0.2) is 51.8 Å². The molecule has 0 N–H and O–H groups in total. The molecule has 2 nitrogen and oxygen atoms in total. The van der Waals surface area contributed by atoms with E-state index in [1.54, 1.807) is 0 Å². The van der Waals surface area contributed by atoms with Gasteiger partial charge in [0.15, 0.2) is 0 Å². The molecule has 2 saturated carbocycles. The molecule has 0 amide bonds. The SMILES string of the molecule is CC1CC(CC2CCC(N(C)[Si](C)(C)C(C)(C)C)C(C)C2)CCC1N(C)[Si](C)(C)C(C)(C)C. The highest BCUT2D eigenvalue weighted by Gasteiger charge is 2.46. The zero-order chi connectivity index (χ0) is 25.6. The summed E-state index contributed by atoms with van der Waals surface area (Å²) in [4.78, 5) is 0. The summed E-state index contributed by atoms with van der Waals surface area (Å²) >= 11 is 0. The monoisotopic (exact) mass is 494 g/mol. The Bertz CT molecular complexity index is 577. The fraction of sp³-hybridized carbons (Fsp3) is 1.00. The van der Waals surface area contributed by atoms with E-state index in [0.29, 0.717) is 10.1 Å². The average Bonchev–Trinajstić information content (AvgIpc) is 2.65. The van der Waals surface area contributed by atoms with Crippen molar-refractivity contribution in [3.8, 4) is 0 Å². The van der Waals surface area contributed by atoms with Crippen LogP contribution in [0.4, 0.5) is 0 Å². The highest BCUT2D eigenvalue weighted by atomic mass is 28.3. The van der Waals surface area contributed by atoms with Crippen LogP contribution >= 0.6 is 0 Å². The largest absolute Gasteiger partial charge is 0.323 e. The van der Waals surface area contributed by atoms with Crippen molar-refractivity contribution in [1.29, 1.82) is 0 Å². The fourth-order valence-electron chi connectivity index (χ4n) is 6.92. The molecule has 2 fully saturated rings. The Morgan fingerprint density at radius 3 is 1.15 bits per heavy atom. The lowest BCUT2D eigenvalue weighted by molar-refractivity contribution is 0.111. The van der Waals surface area contributed by atoms with Gasteiger partial charge in [0.1, 0.15) is 16.5 Å². The minimum Gasteiger partial charge on any atom is -0.323 e. The Balaban J connectivity index is 1.92. The van der Waals surface area contributed by atoms with Gasteiger partial charge >= 0.3 is 0 Å². The van der Waals surface area contributed by atoms with Gasteiger partial charge in [-0.3, -0.25) is 0 Å². The summed E-state index contributed by atoms with van der Waals surface area (Å²) in [7, 11) is 2.06. The second kappa shape index (κ2) is 10.4. The third-order valence-corrected chi connectivity index (χ3v) is 23.1. The van der Waals surface area contributed by atoms with Gasteiger partial charge in [0, 0.05) is 12.1 Å². The van der Waals surface area contributed by atoms with Gasteiger partial charge in [-0.25, -0.2) is 0 Å². The Morgan fingerprint density at radius 1 is 0.606 bits per heavy atom. The highest BCUT2D eigenvalue weighted by Crippen LogP contribution is 2.46. The molecule has 4 heteroatoms. The predicted octanol–water partition coefficient (Wildman–Crippen LogP) is 8.86. The number of hydrogen-bond acceptors (Lipinski definition) is 2. The molecule has 0 saturated heterocycles. The van der Waals surface area contributed by atoms with Crippen LogP contribution in [0, 0.1) is 23.7 Å². The summed E-state index contributed by atoms with van der Waals surface area (Å²) in [5.74, 6) is 3.63. The zero-order valence-corrected chi connectivity index (χ0v) is 27.3. The van der Waals surface area contributed by atoms with Gasteiger partial charge in [0.05, 0.1) is 0 Å². The van der Waals surface area contributed by atoms with E-state index in [9.17, 15) is 0 Å². The van der Waals surface area contributed by atoms with E-state index in [1.165, 1.54) is 44.9 Å². The van der Waals surface area contributed by atoms with Crippen molar-refractivity contribution in [2.24, 2.45) is 23.7 Å². The first-order valence-electron chi connectivity index (χ1n) is 14.3. The maximum Gasteiger partial charge on any atom is 0.127 e. The van der Waals surface area contributed by atoms with Gasteiger partial charge in [-0.05, 0) is 92.8 Å². The van der Waals surface area contributed by atoms with Crippen molar-refractivity contribution in [1.82, 2.24) is 9.13 Å². The first kappa shape index (κ1) is 29.6. The maximum atomic E-state index is 2.87. The van der Waals surface area contributed by atoms with E-state index in [1.807, 2.05) is 0 Å². The Morgan fingerprint density at radius 2 is 0.909 bits per heavy atom. The zero-order valence-electron chi connectivity index (χ0n) is 25.3. The smallest absolute Gasteiger partial charge is 0.127 e. The van der Waals surface area contributed by atoms with E-state index in [-0.39, 0.29) is 0 Å². The van der Waals surface area contributed by atoms with Crippen molar-refractivity contribution < 1.29 is 0 Å². The molecule has 0 spiro atoms. The molecular weight excluding hydrogens is 433 g/mol. The quantitative estimate of drug-likeness (QED) is 0.340. The summed E-state index contributed by atoms with van der Waals surface area (Å²) < 4.78 is 5.75. The molecule has 2 aliphatic rings. The standard InChI is InChI=1S/C29H62N2Si2/c1-22-19-24(15-17-26(22)30(9)32(11,12)28(3,4)5)21-25-16-18-27(23(2)20-25)31(10)33(13,14)29(6,7)8/h22-27H,15-21H2,1-14H3. The number of rotatable bonds is 6. The molecule has 6 unspecified atom stereocenters. The van der Waals surface area contributed by atoms with Crippen LogP contribution in [0.5, 0.6) is 0 Å². The van der Waals surface area contributed by atoms with Gasteiger partial charge in [0.25, 0.3) is 0 Å². The van der Waals surface area contributed by atoms with Crippen molar-refractivity contribution in [3.63, 3.8) is 0 Å². The van der Waals surface area contributed by atoms with Crippen molar-refractivity contribution >= 4 is 16.5 Å². The van der Waals surface area contributed by atoms with E-state index >= 15 is 0 Å². The molecule has 0 aromatic rings. The molecule has 33 heavy (non-hydrogen) atoms. The van der Waals surface area contributed by atoms with Crippen LogP contribution in [0.1, 0.15) is 100 Å². The third kappa shape index (κ3) is 6.38. The summed E-state index contributed by atoms with van der Waals surface area (Å²) in [5.41, 5.74) is 0. The normalized spacial score (nSPS) is 33.1. The van der Waals surface area contributed by atoms with Crippen LogP contribution in [0.2, 0.25) is 36.3 Å². The lowest BCUT2D eigenvalue weighted by atomic mass is 9.70. The second-order valence-electron chi connectivity index (χ2n) is 15.5. The van der Waals surface area contributed by atoms with Crippen molar-refractivity contribution in [2.75, 3.05) is 14.1 Å². The molecule has 6 atom stereocenters. The van der Waals surface area contributed by atoms with Crippen LogP contribution in [-0.2, 0) is 0 Å². The summed E-state index contributed by atoms with van der Waals surface area (Å²) in [6.45, 7) is 30.3. The van der Waals surface area contributed by atoms with Crippen molar-refractivity contribution in [3.05, 3.63) is 0 Å². The number of hydrogen-bond donors (Lipinski definition) is 0. The molecule has 0 heterocycles. The maximum absolute atomic E-state index is 2.87. The Kier molecular flexibility index (Phi) is 9.31. The molecule has 0 aliphatic heterocycles.